The lowest BCUT2D eigenvalue weighted by atomic mass is 9.93. The van der Waals surface area contributed by atoms with E-state index in [9.17, 15) is 9.59 Å². The van der Waals surface area contributed by atoms with Gasteiger partial charge in [-0.05, 0) is 36.1 Å². The third-order valence-electron chi connectivity index (χ3n) is 3.74. The van der Waals surface area contributed by atoms with E-state index in [4.69, 9.17) is 4.74 Å². The number of benzene rings is 2. The molecule has 3 heteroatoms. The molecule has 0 heterocycles. The Morgan fingerprint density at radius 1 is 1.05 bits per heavy atom. The van der Waals surface area contributed by atoms with Gasteiger partial charge in [-0.3, -0.25) is 4.79 Å². The first kappa shape index (κ1) is 13.6. The highest BCUT2D eigenvalue weighted by molar-refractivity contribution is 6.06. The van der Waals surface area contributed by atoms with Gasteiger partial charge in [0.1, 0.15) is 0 Å². The monoisotopic (exact) mass is 280 g/mol. The summed E-state index contributed by atoms with van der Waals surface area (Å²) in [5.74, 6) is -0.181. The summed E-state index contributed by atoms with van der Waals surface area (Å²) >= 11 is 0. The van der Waals surface area contributed by atoms with Gasteiger partial charge in [-0.15, -0.1) is 0 Å². The number of hydrogen-bond donors (Lipinski definition) is 0. The first-order chi connectivity index (χ1) is 10.2. The molecule has 0 spiro atoms. The van der Waals surface area contributed by atoms with Gasteiger partial charge in [-0.1, -0.05) is 36.4 Å². The molecule has 2 aromatic rings. The summed E-state index contributed by atoms with van der Waals surface area (Å²) in [7, 11) is 1.34. The second-order valence-electron chi connectivity index (χ2n) is 5.26. The van der Waals surface area contributed by atoms with Crippen molar-refractivity contribution < 1.29 is 14.3 Å². The van der Waals surface area contributed by atoms with Crippen LogP contribution in [0.1, 0.15) is 33.6 Å². The first-order valence-electron chi connectivity index (χ1n) is 7.02. The molecule has 1 aliphatic rings. The summed E-state index contributed by atoms with van der Waals surface area (Å²) in [4.78, 5) is 24.2. The van der Waals surface area contributed by atoms with E-state index in [0.717, 1.165) is 24.0 Å². The van der Waals surface area contributed by atoms with E-state index in [2.05, 4.69) is 0 Å². The summed E-state index contributed by atoms with van der Waals surface area (Å²) < 4.78 is 4.74. The number of methoxy groups -OCH3 is 1. The van der Waals surface area contributed by atoms with Crippen molar-refractivity contribution in [1.82, 2.24) is 0 Å². The Hall–Kier alpha value is -2.42. The molecule has 0 aromatic heterocycles. The fourth-order valence-corrected chi connectivity index (χ4v) is 2.43. The zero-order chi connectivity index (χ0) is 14.8. The Balaban J connectivity index is 2.10. The number of carbonyl (C=O) groups excluding carboxylic acids is 2. The molecule has 2 aromatic carbocycles. The molecule has 0 N–H and O–H groups in total. The SMILES string of the molecule is COC(=O)c1ccc(-c2ccccc2)c(C(=O)C2CC2)c1. The Bertz CT molecular complexity index is 685. The number of hydrogen-bond acceptors (Lipinski definition) is 3. The van der Waals surface area contributed by atoms with Gasteiger partial charge in [0.25, 0.3) is 0 Å². The zero-order valence-corrected chi connectivity index (χ0v) is 11.8. The van der Waals surface area contributed by atoms with Crippen LogP contribution in [0.25, 0.3) is 11.1 Å². The van der Waals surface area contributed by atoms with Crippen LogP contribution in [-0.2, 0) is 4.74 Å². The molecule has 1 fully saturated rings. The van der Waals surface area contributed by atoms with Gasteiger partial charge in [0.15, 0.2) is 5.78 Å². The van der Waals surface area contributed by atoms with E-state index >= 15 is 0 Å². The molecule has 21 heavy (non-hydrogen) atoms. The second-order valence-corrected chi connectivity index (χ2v) is 5.26. The van der Waals surface area contributed by atoms with Crippen molar-refractivity contribution in [3.05, 3.63) is 59.7 Å². The van der Waals surface area contributed by atoms with Crippen molar-refractivity contribution in [2.75, 3.05) is 7.11 Å². The van der Waals surface area contributed by atoms with Gasteiger partial charge in [0, 0.05) is 11.5 Å². The summed E-state index contributed by atoms with van der Waals surface area (Å²) in [5, 5.41) is 0. The molecule has 0 atom stereocenters. The molecule has 0 aliphatic heterocycles. The van der Waals surface area contributed by atoms with Gasteiger partial charge in [0.05, 0.1) is 12.7 Å². The number of rotatable bonds is 4. The lowest BCUT2D eigenvalue weighted by molar-refractivity contribution is 0.0600. The Morgan fingerprint density at radius 3 is 2.38 bits per heavy atom. The lowest BCUT2D eigenvalue weighted by Gasteiger charge is -2.10. The molecule has 1 saturated carbocycles. The van der Waals surface area contributed by atoms with Crippen LogP contribution >= 0.6 is 0 Å². The predicted octanol–water partition coefficient (Wildman–Crippen LogP) is 3.73. The quantitative estimate of drug-likeness (QED) is 0.633. The number of Topliss-reactive ketones (excluding diaryl/α,β-unsaturated/α-hetero) is 1. The predicted molar refractivity (Wildman–Crippen MR) is 80.3 cm³/mol. The molecule has 0 bridgehead atoms. The minimum atomic E-state index is -0.417. The third kappa shape index (κ3) is 2.72. The van der Waals surface area contributed by atoms with Crippen LogP contribution in [0.5, 0.6) is 0 Å². The number of esters is 1. The van der Waals surface area contributed by atoms with Crippen LogP contribution in [-0.4, -0.2) is 18.9 Å². The molecule has 0 radical (unpaired) electrons. The fraction of sp³-hybridized carbons (Fsp3) is 0.222. The normalized spacial score (nSPS) is 13.8. The smallest absolute Gasteiger partial charge is 0.337 e. The molecule has 0 unspecified atom stereocenters. The van der Waals surface area contributed by atoms with Gasteiger partial charge in [0.2, 0.25) is 0 Å². The topological polar surface area (TPSA) is 43.4 Å². The minimum absolute atomic E-state index is 0.111. The zero-order valence-electron chi connectivity index (χ0n) is 11.8. The van der Waals surface area contributed by atoms with Crippen molar-refractivity contribution in [2.24, 2.45) is 5.92 Å². The third-order valence-corrected chi connectivity index (χ3v) is 3.74. The molecule has 3 nitrogen and oxygen atoms in total. The fourth-order valence-electron chi connectivity index (χ4n) is 2.43. The first-order valence-corrected chi connectivity index (χ1v) is 7.02. The van der Waals surface area contributed by atoms with Crippen LogP contribution in [0.4, 0.5) is 0 Å². The van der Waals surface area contributed by atoms with Crippen LogP contribution in [0.3, 0.4) is 0 Å². The summed E-state index contributed by atoms with van der Waals surface area (Å²) in [6.45, 7) is 0. The van der Waals surface area contributed by atoms with E-state index < -0.39 is 5.97 Å². The average Bonchev–Trinajstić information content (AvgIpc) is 3.38. The van der Waals surface area contributed by atoms with Crippen LogP contribution in [0.15, 0.2) is 48.5 Å². The lowest BCUT2D eigenvalue weighted by Crippen LogP contribution is -2.08. The van der Waals surface area contributed by atoms with Gasteiger partial charge >= 0.3 is 5.97 Å². The van der Waals surface area contributed by atoms with Crippen molar-refractivity contribution in [3.63, 3.8) is 0 Å². The Morgan fingerprint density at radius 2 is 1.76 bits per heavy atom. The highest BCUT2D eigenvalue weighted by atomic mass is 16.5. The average molecular weight is 280 g/mol. The van der Waals surface area contributed by atoms with E-state index in [1.54, 1.807) is 12.1 Å². The summed E-state index contributed by atoms with van der Waals surface area (Å²) in [5.41, 5.74) is 2.89. The maximum Gasteiger partial charge on any atom is 0.337 e. The number of carbonyl (C=O) groups is 2. The molecule has 106 valence electrons. The van der Waals surface area contributed by atoms with Crippen molar-refractivity contribution in [3.8, 4) is 11.1 Å². The standard InChI is InChI=1S/C18H16O3/c1-21-18(20)14-9-10-15(12-5-3-2-4-6-12)16(11-14)17(19)13-7-8-13/h2-6,9-11,13H,7-8H2,1H3. The second kappa shape index (κ2) is 5.52. The van der Waals surface area contributed by atoms with Crippen LogP contribution < -0.4 is 0 Å². The molecule has 0 saturated heterocycles. The number of ether oxygens (including phenoxy) is 1. The van der Waals surface area contributed by atoms with E-state index in [1.807, 2.05) is 36.4 Å². The van der Waals surface area contributed by atoms with E-state index in [-0.39, 0.29) is 11.7 Å². The maximum absolute atomic E-state index is 12.5. The Labute approximate surface area is 123 Å². The van der Waals surface area contributed by atoms with Crippen molar-refractivity contribution in [1.29, 1.82) is 0 Å². The summed E-state index contributed by atoms with van der Waals surface area (Å²) in [6.07, 6.45) is 1.88. The minimum Gasteiger partial charge on any atom is -0.465 e. The summed E-state index contributed by atoms with van der Waals surface area (Å²) in [6, 6.07) is 15.0. The van der Waals surface area contributed by atoms with Crippen LogP contribution in [0, 0.1) is 5.92 Å². The van der Waals surface area contributed by atoms with Gasteiger partial charge in [-0.25, -0.2) is 4.79 Å². The highest BCUT2D eigenvalue weighted by Crippen LogP contribution is 2.36. The Kier molecular flexibility index (Phi) is 3.57. The molecular weight excluding hydrogens is 264 g/mol. The molecule has 0 amide bonds. The number of ketones is 1. The van der Waals surface area contributed by atoms with Crippen molar-refractivity contribution >= 4 is 11.8 Å². The van der Waals surface area contributed by atoms with E-state index in [1.165, 1.54) is 7.11 Å². The van der Waals surface area contributed by atoms with Gasteiger partial charge in [-0.2, -0.15) is 0 Å². The van der Waals surface area contributed by atoms with Gasteiger partial charge < -0.3 is 4.74 Å². The molecular formula is C18H16O3. The van der Waals surface area contributed by atoms with Crippen LogP contribution in [0.2, 0.25) is 0 Å². The highest BCUT2D eigenvalue weighted by Gasteiger charge is 2.32. The van der Waals surface area contributed by atoms with Crippen molar-refractivity contribution in [2.45, 2.75) is 12.8 Å². The largest absolute Gasteiger partial charge is 0.465 e. The molecule has 3 rings (SSSR count). The molecule has 1 aliphatic carbocycles. The van der Waals surface area contributed by atoms with E-state index in [0.29, 0.717) is 11.1 Å². The maximum atomic E-state index is 12.5.